The minimum absolute atomic E-state index is 0.561. The van der Waals surface area contributed by atoms with Crippen molar-refractivity contribution in [1.29, 1.82) is 0 Å². The van der Waals surface area contributed by atoms with Gasteiger partial charge in [0, 0.05) is 24.7 Å². The minimum Gasteiger partial charge on any atom is -0.494 e. The number of rotatable bonds is 4. The van der Waals surface area contributed by atoms with Gasteiger partial charge in [0.1, 0.15) is 5.75 Å². The van der Waals surface area contributed by atoms with E-state index in [9.17, 15) is 0 Å². The largest absolute Gasteiger partial charge is 0.494 e. The molecule has 24 heavy (non-hydrogen) atoms. The first-order valence-electron chi connectivity index (χ1n) is 8.51. The van der Waals surface area contributed by atoms with E-state index in [4.69, 9.17) is 17.0 Å². The summed E-state index contributed by atoms with van der Waals surface area (Å²) in [6, 6.07) is 16.8. The molecule has 1 fully saturated rings. The van der Waals surface area contributed by atoms with E-state index in [0.29, 0.717) is 12.5 Å². The molecule has 2 aromatic rings. The van der Waals surface area contributed by atoms with Gasteiger partial charge in [-0.3, -0.25) is 0 Å². The van der Waals surface area contributed by atoms with E-state index in [2.05, 4.69) is 41.4 Å². The molecule has 1 atom stereocenters. The van der Waals surface area contributed by atoms with E-state index in [1.165, 1.54) is 11.1 Å². The number of anilines is 1. The van der Waals surface area contributed by atoms with E-state index in [1.807, 2.05) is 31.2 Å². The molecule has 0 aromatic heterocycles. The Morgan fingerprint density at radius 3 is 2.54 bits per heavy atom. The molecular weight excluding hydrogens is 316 g/mol. The molecule has 1 aliphatic rings. The number of hydrogen-bond donors (Lipinski definition) is 1. The summed E-state index contributed by atoms with van der Waals surface area (Å²) in [7, 11) is 0. The van der Waals surface area contributed by atoms with Crippen molar-refractivity contribution < 1.29 is 4.74 Å². The van der Waals surface area contributed by atoms with Crippen molar-refractivity contribution >= 4 is 23.0 Å². The van der Waals surface area contributed by atoms with Crippen LogP contribution in [-0.4, -0.2) is 29.7 Å². The zero-order valence-corrected chi connectivity index (χ0v) is 15.1. The lowest BCUT2D eigenvalue weighted by molar-refractivity contribution is 0.340. The first-order valence-corrected chi connectivity index (χ1v) is 8.92. The third-order valence-corrected chi connectivity index (χ3v) is 4.80. The monoisotopic (exact) mass is 340 g/mol. The number of hydrogen-bond acceptors (Lipinski definition) is 2. The Hall–Kier alpha value is -2.07. The molecule has 0 unspecified atom stereocenters. The van der Waals surface area contributed by atoms with Gasteiger partial charge in [-0.25, -0.2) is 0 Å². The minimum atomic E-state index is 0.561. The van der Waals surface area contributed by atoms with Crippen LogP contribution in [0.25, 0.3) is 0 Å². The fourth-order valence-electron chi connectivity index (χ4n) is 3.06. The molecule has 126 valence electrons. The third kappa shape index (κ3) is 4.06. The fourth-order valence-corrected chi connectivity index (χ4v) is 3.34. The van der Waals surface area contributed by atoms with E-state index in [-0.39, 0.29) is 0 Å². The van der Waals surface area contributed by atoms with Crippen LogP contribution < -0.4 is 10.1 Å². The van der Waals surface area contributed by atoms with Crippen molar-refractivity contribution in [2.75, 3.05) is 25.0 Å². The van der Waals surface area contributed by atoms with E-state index < -0.39 is 0 Å². The maximum Gasteiger partial charge on any atom is 0.173 e. The summed E-state index contributed by atoms with van der Waals surface area (Å²) >= 11 is 5.59. The van der Waals surface area contributed by atoms with Crippen molar-refractivity contribution in [2.24, 2.45) is 0 Å². The van der Waals surface area contributed by atoms with Crippen molar-refractivity contribution in [3.63, 3.8) is 0 Å². The second-order valence-corrected chi connectivity index (χ2v) is 6.62. The molecule has 0 amide bonds. The van der Waals surface area contributed by atoms with Gasteiger partial charge in [-0.2, -0.15) is 0 Å². The van der Waals surface area contributed by atoms with Crippen molar-refractivity contribution in [3.05, 3.63) is 59.7 Å². The molecule has 4 heteroatoms. The molecule has 3 rings (SSSR count). The molecule has 0 radical (unpaired) electrons. The molecule has 0 saturated carbocycles. The number of thiocarbonyl (C=S) groups is 1. The molecule has 1 saturated heterocycles. The van der Waals surface area contributed by atoms with Gasteiger partial charge in [-0.15, -0.1) is 0 Å². The summed E-state index contributed by atoms with van der Waals surface area (Å²) in [4.78, 5) is 2.26. The summed E-state index contributed by atoms with van der Waals surface area (Å²) < 4.78 is 5.47. The van der Waals surface area contributed by atoms with Gasteiger partial charge in [0.2, 0.25) is 0 Å². The Labute approximate surface area is 149 Å². The second kappa shape index (κ2) is 7.67. The Morgan fingerprint density at radius 1 is 1.17 bits per heavy atom. The first-order chi connectivity index (χ1) is 11.7. The molecule has 2 aromatic carbocycles. The number of ether oxygens (including phenoxy) is 1. The van der Waals surface area contributed by atoms with Gasteiger partial charge in [0.15, 0.2) is 5.11 Å². The molecular formula is C20H24N2OS. The molecule has 1 heterocycles. The summed E-state index contributed by atoms with van der Waals surface area (Å²) in [5.41, 5.74) is 3.72. The van der Waals surface area contributed by atoms with E-state index in [0.717, 1.165) is 36.1 Å². The lowest BCUT2D eigenvalue weighted by atomic mass is 9.98. The first kappa shape index (κ1) is 16.8. The summed E-state index contributed by atoms with van der Waals surface area (Å²) in [6.07, 6.45) is 1.15. The lowest BCUT2D eigenvalue weighted by Crippen LogP contribution is -2.32. The van der Waals surface area contributed by atoms with Gasteiger partial charge in [-0.05, 0) is 62.3 Å². The highest BCUT2D eigenvalue weighted by Gasteiger charge is 2.25. The highest BCUT2D eigenvalue weighted by atomic mass is 32.1. The van der Waals surface area contributed by atoms with Gasteiger partial charge < -0.3 is 15.0 Å². The van der Waals surface area contributed by atoms with Crippen LogP contribution in [0.3, 0.4) is 0 Å². The van der Waals surface area contributed by atoms with Crippen molar-refractivity contribution in [3.8, 4) is 5.75 Å². The number of nitrogens with one attached hydrogen (secondary N) is 1. The van der Waals surface area contributed by atoms with Crippen LogP contribution in [0.5, 0.6) is 5.75 Å². The predicted octanol–water partition coefficient (Wildman–Crippen LogP) is 4.58. The molecule has 1 N–H and O–H groups in total. The third-order valence-electron chi connectivity index (χ3n) is 4.44. The highest BCUT2D eigenvalue weighted by molar-refractivity contribution is 7.80. The zero-order valence-electron chi connectivity index (χ0n) is 14.3. The van der Waals surface area contributed by atoms with Crippen LogP contribution >= 0.6 is 12.2 Å². The van der Waals surface area contributed by atoms with Crippen LogP contribution in [-0.2, 0) is 0 Å². The molecule has 0 spiro atoms. The van der Waals surface area contributed by atoms with Gasteiger partial charge in [0.25, 0.3) is 0 Å². The smallest absolute Gasteiger partial charge is 0.173 e. The molecule has 0 bridgehead atoms. The Bertz CT molecular complexity index is 682. The van der Waals surface area contributed by atoms with Gasteiger partial charge in [-0.1, -0.05) is 29.8 Å². The summed E-state index contributed by atoms with van der Waals surface area (Å²) in [5, 5.41) is 4.14. The average Bonchev–Trinajstić information content (AvgIpc) is 3.08. The number of aryl methyl sites for hydroxylation is 1. The highest BCUT2D eigenvalue weighted by Crippen LogP contribution is 2.28. The maximum atomic E-state index is 5.59. The van der Waals surface area contributed by atoms with Crippen LogP contribution in [0.1, 0.15) is 30.4 Å². The topological polar surface area (TPSA) is 24.5 Å². The lowest BCUT2D eigenvalue weighted by Gasteiger charge is -2.21. The Kier molecular flexibility index (Phi) is 5.36. The zero-order chi connectivity index (χ0) is 16.9. The number of likely N-dealkylation sites (tertiary alicyclic amines) is 1. The average molecular weight is 340 g/mol. The van der Waals surface area contributed by atoms with Crippen molar-refractivity contribution in [2.45, 2.75) is 26.2 Å². The second-order valence-electron chi connectivity index (χ2n) is 6.23. The van der Waals surface area contributed by atoms with Crippen LogP contribution in [0.4, 0.5) is 5.69 Å². The maximum absolute atomic E-state index is 5.59. The number of benzene rings is 2. The van der Waals surface area contributed by atoms with E-state index in [1.54, 1.807) is 0 Å². The van der Waals surface area contributed by atoms with Crippen LogP contribution in [0.15, 0.2) is 48.5 Å². The molecule has 1 aliphatic heterocycles. The Morgan fingerprint density at radius 2 is 1.88 bits per heavy atom. The Balaban J connectivity index is 1.57. The molecule has 3 nitrogen and oxygen atoms in total. The van der Waals surface area contributed by atoms with Gasteiger partial charge in [0.05, 0.1) is 6.61 Å². The fraction of sp³-hybridized carbons (Fsp3) is 0.350. The summed E-state index contributed by atoms with van der Waals surface area (Å²) in [6.45, 7) is 6.77. The number of nitrogens with zero attached hydrogens (tertiary/aromatic N) is 1. The van der Waals surface area contributed by atoms with Crippen LogP contribution in [0.2, 0.25) is 0 Å². The standard InChI is InChI=1S/C20H24N2OS/c1-3-23-19-10-8-18(9-11-19)21-20(24)22-13-12-17(14-22)16-6-4-15(2)5-7-16/h4-11,17H,3,12-14H2,1-2H3,(H,21,24)/t17-/m0/s1. The normalized spacial score (nSPS) is 16.9. The summed E-state index contributed by atoms with van der Waals surface area (Å²) in [5.74, 6) is 1.44. The van der Waals surface area contributed by atoms with Crippen LogP contribution in [0, 0.1) is 6.92 Å². The van der Waals surface area contributed by atoms with Gasteiger partial charge >= 0.3 is 0 Å². The van der Waals surface area contributed by atoms with Crippen molar-refractivity contribution in [1.82, 2.24) is 4.90 Å². The molecule has 0 aliphatic carbocycles. The predicted molar refractivity (Wildman–Crippen MR) is 104 cm³/mol. The van der Waals surface area contributed by atoms with E-state index >= 15 is 0 Å². The quantitative estimate of drug-likeness (QED) is 0.824. The SMILES string of the molecule is CCOc1ccc(NC(=S)N2CC[C@H](c3ccc(C)cc3)C2)cc1.